The van der Waals surface area contributed by atoms with Gasteiger partial charge in [-0.05, 0) is 6.07 Å². The van der Waals surface area contributed by atoms with Gasteiger partial charge in [-0.2, -0.15) is 0 Å². The first kappa shape index (κ1) is 16.3. The molecule has 20 heavy (non-hydrogen) atoms. The van der Waals surface area contributed by atoms with E-state index >= 15 is 0 Å². The van der Waals surface area contributed by atoms with Gasteiger partial charge in [0.25, 0.3) is 0 Å². The van der Waals surface area contributed by atoms with Crippen molar-refractivity contribution < 1.29 is 13.9 Å². The molecule has 112 valence electrons. The molecule has 0 saturated heterocycles. The summed E-state index contributed by atoms with van der Waals surface area (Å²) in [5, 5.41) is 5.19. The van der Waals surface area contributed by atoms with Crippen molar-refractivity contribution in [1.29, 1.82) is 0 Å². The number of ether oxygens (including phenoxy) is 1. The molecule has 0 aliphatic heterocycles. The summed E-state index contributed by atoms with van der Waals surface area (Å²) < 4.78 is 18.6. The van der Waals surface area contributed by atoms with Crippen LogP contribution in [0.1, 0.15) is 6.42 Å². The van der Waals surface area contributed by atoms with Gasteiger partial charge in [0.1, 0.15) is 5.02 Å². The Labute approximate surface area is 121 Å². The number of carbonyl (C=O) groups excluding carboxylic acids is 1. The van der Waals surface area contributed by atoms with Crippen LogP contribution in [0.15, 0.2) is 6.07 Å². The number of methoxy groups -OCH3 is 1. The first-order valence-corrected chi connectivity index (χ1v) is 6.37. The zero-order chi connectivity index (χ0) is 15.1. The lowest BCUT2D eigenvalue weighted by Gasteiger charge is -2.12. The molecule has 0 aromatic heterocycles. The molecule has 1 rings (SSSR count). The molecule has 0 spiro atoms. The van der Waals surface area contributed by atoms with Gasteiger partial charge in [0.05, 0.1) is 23.7 Å². The second kappa shape index (κ2) is 7.76. The van der Waals surface area contributed by atoms with Gasteiger partial charge in [0.2, 0.25) is 5.91 Å². The van der Waals surface area contributed by atoms with Crippen LogP contribution in [0.2, 0.25) is 5.02 Å². The maximum atomic E-state index is 13.8. The SMILES string of the molecule is COCCNC(=O)CCNc1c(N)cc(N)c(Cl)c1F. The second-order valence-electron chi connectivity index (χ2n) is 4.08. The molecule has 1 aromatic rings. The fourth-order valence-corrected chi connectivity index (χ4v) is 1.68. The predicted octanol–water partition coefficient (Wildman–Crippen LogP) is 1.21. The van der Waals surface area contributed by atoms with Crippen molar-refractivity contribution in [1.82, 2.24) is 5.32 Å². The first-order valence-electron chi connectivity index (χ1n) is 5.99. The van der Waals surface area contributed by atoms with Gasteiger partial charge in [0, 0.05) is 26.6 Å². The number of hydrogen-bond donors (Lipinski definition) is 4. The third-order valence-electron chi connectivity index (χ3n) is 2.55. The van der Waals surface area contributed by atoms with E-state index in [4.69, 9.17) is 27.8 Å². The summed E-state index contributed by atoms with van der Waals surface area (Å²) in [6, 6.07) is 1.37. The van der Waals surface area contributed by atoms with Gasteiger partial charge in [0.15, 0.2) is 5.82 Å². The Balaban J connectivity index is 2.50. The molecule has 0 aliphatic carbocycles. The van der Waals surface area contributed by atoms with E-state index in [1.807, 2.05) is 0 Å². The Kier molecular flexibility index (Phi) is 6.33. The van der Waals surface area contributed by atoms with Crippen LogP contribution in [0.5, 0.6) is 0 Å². The number of nitrogen functional groups attached to an aromatic ring is 2. The van der Waals surface area contributed by atoms with Crippen LogP contribution in [0.3, 0.4) is 0 Å². The molecule has 0 fully saturated rings. The summed E-state index contributed by atoms with van der Waals surface area (Å²) >= 11 is 5.69. The molecular weight excluding hydrogens is 287 g/mol. The monoisotopic (exact) mass is 304 g/mol. The molecule has 0 atom stereocenters. The van der Waals surface area contributed by atoms with E-state index in [-0.39, 0.29) is 41.0 Å². The van der Waals surface area contributed by atoms with Gasteiger partial charge in [-0.1, -0.05) is 11.6 Å². The third kappa shape index (κ3) is 4.43. The summed E-state index contributed by atoms with van der Waals surface area (Å²) in [6.07, 6.45) is 0.171. The van der Waals surface area contributed by atoms with Crippen LogP contribution in [0.25, 0.3) is 0 Å². The van der Waals surface area contributed by atoms with Crippen LogP contribution in [-0.2, 0) is 9.53 Å². The van der Waals surface area contributed by atoms with Crippen molar-refractivity contribution in [3.8, 4) is 0 Å². The summed E-state index contributed by atoms with van der Waals surface area (Å²) in [5.41, 5.74) is 11.4. The Hall–Kier alpha value is -1.73. The summed E-state index contributed by atoms with van der Waals surface area (Å²) in [5.74, 6) is -0.890. The van der Waals surface area contributed by atoms with E-state index in [9.17, 15) is 9.18 Å². The Morgan fingerprint density at radius 3 is 2.75 bits per heavy atom. The standard InChI is InChI=1S/C12H18ClFN4O2/c1-20-5-4-17-9(19)2-3-18-12-8(16)6-7(15)10(13)11(12)14/h6,18H,2-5,15-16H2,1H3,(H,17,19). The Bertz CT molecular complexity index is 485. The molecule has 0 saturated carbocycles. The largest absolute Gasteiger partial charge is 0.397 e. The first-order chi connectivity index (χ1) is 9.47. The molecule has 6 nitrogen and oxygen atoms in total. The lowest BCUT2D eigenvalue weighted by Crippen LogP contribution is -2.28. The number of carbonyl (C=O) groups is 1. The van der Waals surface area contributed by atoms with E-state index in [1.165, 1.54) is 6.07 Å². The van der Waals surface area contributed by atoms with E-state index in [2.05, 4.69) is 10.6 Å². The van der Waals surface area contributed by atoms with Crippen molar-refractivity contribution in [3.05, 3.63) is 16.9 Å². The van der Waals surface area contributed by atoms with Gasteiger partial charge in [-0.25, -0.2) is 4.39 Å². The van der Waals surface area contributed by atoms with Crippen LogP contribution < -0.4 is 22.1 Å². The highest BCUT2D eigenvalue weighted by Gasteiger charge is 2.14. The molecular formula is C12H18ClFN4O2. The number of rotatable bonds is 7. The molecule has 1 aromatic carbocycles. The minimum atomic E-state index is -0.719. The van der Waals surface area contributed by atoms with Gasteiger partial charge in [-0.3, -0.25) is 4.79 Å². The van der Waals surface area contributed by atoms with E-state index in [1.54, 1.807) is 7.11 Å². The zero-order valence-corrected chi connectivity index (χ0v) is 11.9. The van der Waals surface area contributed by atoms with Gasteiger partial charge < -0.3 is 26.8 Å². The number of nitrogens with two attached hydrogens (primary N) is 2. The minimum absolute atomic E-state index is 0.0499. The average Bonchev–Trinajstić information content (AvgIpc) is 2.40. The van der Waals surface area contributed by atoms with E-state index < -0.39 is 5.82 Å². The fourth-order valence-electron chi connectivity index (χ4n) is 1.53. The average molecular weight is 305 g/mol. The summed E-state index contributed by atoms with van der Waals surface area (Å²) in [7, 11) is 1.55. The van der Waals surface area contributed by atoms with Gasteiger partial charge in [-0.15, -0.1) is 0 Å². The predicted molar refractivity (Wildman–Crippen MR) is 78.2 cm³/mol. The van der Waals surface area contributed by atoms with Gasteiger partial charge >= 0.3 is 0 Å². The summed E-state index contributed by atoms with van der Waals surface area (Å²) in [4.78, 5) is 11.4. The molecule has 6 N–H and O–H groups in total. The third-order valence-corrected chi connectivity index (χ3v) is 2.93. The lowest BCUT2D eigenvalue weighted by atomic mass is 10.2. The smallest absolute Gasteiger partial charge is 0.221 e. The molecule has 0 radical (unpaired) electrons. The van der Waals surface area contributed by atoms with Crippen LogP contribution in [-0.4, -0.2) is 32.7 Å². The van der Waals surface area contributed by atoms with Crippen molar-refractivity contribution in [3.63, 3.8) is 0 Å². The number of hydrogen-bond acceptors (Lipinski definition) is 5. The quantitative estimate of drug-likeness (QED) is 0.448. The molecule has 0 unspecified atom stereocenters. The Morgan fingerprint density at radius 1 is 1.40 bits per heavy atom. The zero-order valence-electron chi connectivity index (χ0n) is 11.1. The number of anilines is 3. The molecule has 0 bridgehead atoms. The normalized spacial score (nSPS) is 10.3. The Morgan fingerprint density at radius 2 is 2.10 bits per heavy atom. The van der Waals surface area contributed by atoms with Crippen molar-refractivity contribution in [2.24, 2.45) is 0 Å². The molecule has 1 amide bonds. The number of halogens is 2. The number of benzene rings is 1. The van der Waals surface area contributed by atoms with Crippen LogP contribution in [0.4, 0.5) is 21.5 Å². The minimum Gasteiger partial charge on any atom is -0.397 e. The topological polar surface area (TPSA) is 102 Å². The lowest BCUT2D eigenvalue weighted by molar-refractivity contribution is -0.121. The maximum Gasteiger partial charge on any atom is 0.221 e. The maximum absolute atomic E-state index is 13.8. The highest BCUT2D eigenvalue weighted by Crippen LogP contribution is 2.33. The van der Waals surface area contributed by atoms with Crippen molar-refractivity contribution in [2.45, 2.75) is 6.42 Å². The van der Waals surface area contributed by atoms with E-state index in [0.717, 1.165) is 0 Å². The number of nitrogens with one attached hydrogen (secondary N) is 2. The van der Waals surface area contributed by atoms with E-state index in [0.29, 0.717) is 13.2 Å². The van der Waals surface area contributed by atoms with Crippen molar-refractivity contribution >= 4 is 34.6 Å². The number of amides is 1. The van der Waals surface area contributed by atoms with Crippen LogP contribution >= 0.6 is 11.6 Å². The van der Waals surface area contributed by atoms with Crippen molar-refractivity contribution in [2.75, 3.05) is 43.6 Å². The molecule has 0 aliphatic rings. The molecule has 0 heterocycles. The highest BCUT2D eigenvalue weighted by atomic mass is 35.5. The highest BCUT2D eigenvalue weighted by molar-refractivity contribution is 6.33. The van der Waals surface area contributed by atoms with Crippen LogP contribution in [0, 0.1) is 5.82 Å². The molecule has 8 heteroatoms. The summed E-state index contributed by atoms with van der Waals surface area (Å²) in [6.45, 7) is 1.09. The fraction of sp³-hybridized carbons (Fsp3) is 0.417. The second-order valence-corrected chi connectivity index (χ2v) is 4.46.